The second kappa shape index (κ2) is 12.6. The molecule has 0 heterocycles. The number of thioether (sulfide) groups is 1. The van der Waals surface area contributed by atoms with Gasteiger partial charge in [0.25, 0.3) is 0 Å². The summed E-state index contributed by atoms with van der Waals surface area (Å²) in [5, 5.41) is 2.95. The van der Waals surface area contributed by atoms with E-state index >= 15 is 0 Å². The molecule has 0 saturated carbocycles. The molecule has 0 atom stereocenters. The Labute approximate surface area is 132 Å². The fourth-order valence-corrected chi connectivity index (χ4v) is 2.42. The molecular weight excluding hydrogens is 286 g/mol. The fraction of sp³-hybridized carbons (Fsp3) is 0.688. The lowest BCUT2D eigenvalue weighted by molar-refractivity contribution is -0.124. The third kappa shape index (κ3) is 11.2. The van der Waals surface area contributed by atoms with Gasteiger partial charge in [0.05, 0.1) is 18.8 Å². The van der Waals surface area contributed by atoms with E-state index in [4.69, 9.17) is 22.3 Å². The van der Waals surface area contributed by atoms with Crippen molar-refractivity contribution in [2.75, 3.05) is 37.9 Å². The molecule has 0 unspecified atom stereocenters. The molecule has 0 bridgehead atoms. The van der Waals surface area contributed by atoms with Crippen LogP contribution in [0.1, 0.15) is 26.7 Å². The molecule has 0 aromatic carbocycles. The summed E-state index contributed by atoms with van der Waals surface area (Å²) in [6, 6.07) is 0. The average molecular weight is 311 g/mol. The summed E-state index contributed by atoms with van der Waals surface area (Å²) in [6.07, 6.45) is 11.9. The monoisotopic (exact) mass is 311 g/mol. The van der Waals surface area contributed by atoms with E-state index in [0.717, 1.165) is 17.9 Å². The van der Waals surface area contributed by atoms with Crippen LogP contribution in [0.25, 0.3) is 0 Å². The Morgan fingerprint density at radius 1 is 1.19 bits per heavy atom. The van der Waals surface area contributed by atoms with E-state index in [1.807, 2.05) is 6.92 Å². The highest BCUT2D eigenvalue weighted by atomic mass is 32.2. The summed E-state index contributed by atoms with van der Waals surface area (Å²) in [5.41, 5.74) is -0.625. The molecule has 0 aliphatic rings. The van der Waals surface area contributed by atoms with Gasteiger partial charge in [0.15, 0.2) is 0 Å². The number of nitrogens with one attached hydrogen (secondary N) is 1. The number of hydrogen-bond acceptors (Lipinski definition) is 4. The molecule has 1 amide bonds. The molecule has 0 radical (unpaired) electrons. The first-order valence-corrected chi connectivity index (χ1v) is 8.14. The van der Waals surface area contributed by atoms with Crippen LogP contribution in [0.5, 0.6) is 0 Å². The molecule has 1 N–H and O–H groups in total. The van der Waals surface area contributed by atoms with Gasteiger partial charge in [-0.25, -0.2) is 0 Å². The second-order valence-electron chi connectivity index (χ2n) is 4.87. The molecule has 21 heavy (non-hydrogen) atoms. The molecular formula is C16H25NO3S. The molecule has 0 rings (SSSR count). The molecule has 118 valence electrons. The van der Waals surface area contributed by atoms with E-state index in [1.165, 1.54) is 0 Å². The lowest BCUT2D eigenvalue weighted by Gasteiger charge is -2.30. The van der Waals surface area contributed by atoms with Gasteiger partial charge in [-0.05, 0) is 19.1 Å². The standard InChI is InChI=1S/C16H25NO3S/c1-5-9-19-13-16(4,14-20-10-6-2)17-15(18)8-12-21-11-7-3/h1-2H,7-14H2,3-4H3,(H,17,18). The minimum atomic E-state index is -0.625. The minimum absolute atomic E-state index is 0.0188. The Morgan fingerprint density at radius 2 is 1.76 bits per heavy atom. The highest BCUT2D eigenvalue weighted by Gasteiger charge is 2.27. The first-order chi connectivity index (χ1) is 10.1. The summed E-state index contributed by atoms with van der Waals surface area (Å²) >= 11 is 1.77. The van der Waals surface area contributed by atoms with Crippen LogP contribution in [-0.4, -0.2) is 49.4 Å². The van der Waals surface area contributed by atoms with Crippen LogP contribution in [0.3, 0.4) is 0 Å². The fourth-order valence-electron chi connectivity index (χ4n) is 1.59. The predicted octanol–water partition coefficient (Wildman–Crippen LogP) is 1.69. The molecule has 0 aliphatic carbocycles. The van der Waals surface area contributed by atoms with E-state index in [2.05, 4.69) is 24.1 Å². The van der Waals surface area contributed by atoms with Crippen LogP contribution in [0.2, 0.25) is 0 Å². The summed E-state index contributed by atoms with van der Waals surface area (Å²) < 4.78 is 10.7. The SMILES string of the molecule is C#CCOCC(C)(COCC#C)NC(=O)CCSCCC. The molecule has 0 spiro atoms. The number of ether oxygens (including phenoxy) is 2. The number of terminal acetylenes is 2. The number of carbonyl (C=O) groups is 1. The Balaban J connectivity index is 4.26. The molecule has 4 nitrogen and oxygen atoms in total. The first kappa shape index (κ1) is 19.9. The topological polar surface area (TPSA) is 47.6 Å². The maximum absolute atomic E-state index is 12.0. The zero-order valence-electron chi connectivity index (χ0n) is 12.9. The van der Waals surface area contributed by atoms with Crippen molar-refractivity contribution in [2.45, 2.75) is 32.2 Å². The van der Waals surface area contributed by atoms with Crippen molar-refractivity contribution >= 4 is 17.7 Å². The van der Waals surface area contributed by atoms with E-state index in [1.54, 1.807) is 11.8 Å². The van der Waals surface area contributed by atoms with E-state index < -0.39 is 5.54 Å². The molecule has 0 aromatic rings. The molecule has 0 aromatic heterocycles. The highest BCUT2D eigenvalue weighted by molar-refractivity contribution is 7.99. The maximum Gasteiger partial charge on any atom is 0.221 e. The predicted molar refractivity (Wildman–Crippen MR) is 88.1 cm³/mol. The first-order valence-electron chi connectivity index (χ1n) is 6.99. The third-order valence-electron chi connectivity index (χ3n) is 2.48. The van der Waals surface area contributed by atoms with E-state index in [-0.39, 0.29) is 32.3 Å². The Kier molecular flexibility index (Phi) is 11.9. The number of amides is 1. The van der Waals surface area contributed by atoms with Crippen molar-refractivity contribution in [3.05, 3.63) is 0 Å². The van der Waals surface area contributed by atoms with Crippen LogP contribution < -0.4 is 5.32 Å². The Bertz CT molecular complexity index is 351. The van der Waals surface area contributed by atoms with Gasteiger partial charge in [0, 0.05) is 12.2 Å². The van der Waals surface area contributed by atoms with E-state index in [0.29, 0.717) is 6.42 Å². The Hall–Kier alpha value is -1.14. The number of rotatable bonds is 12. The van der Waals surface area contributed by atoms with Gasteiger partial charge in [-0.2, -0.15) is 11.8 Å². The molecule has 0 fully saturated rings. The minimum Gasteiger partial charge on any atom is -0.366 e. The van der Waals surface area contributed by atoms with Crippen LogP contribution >= 0.6 is 11.8 Å². The second-order valence-corrected chi connectivity index (χ2v) is 6.09. The van der Waals surface area contributed by atoms with Crippen molar-refractivity contribution in [3.63, 3.8) is 0 Å². The van der Waals surface area contributed by atoms with Crippen LogP contribution in [0.4, 0.5) is 0 Å². The van der Waals surface area contributed by atoms with Gasteiger partial charge in [0.1, 0.15) is 13.2 Å². The summed E-state index contributed by atoms with van der Waals surface area (Å²) in [7, 11) is 0. The summed E-state index contributed by atoms with van der Waals surface area (Å²) in [5.74, 6) is 6.66. The highest BCUT2D eigenvalue weighted by Crippen LogP contribution is 2.09. The van der Waals surface area contributed by atoms with Crippen molar-refractivity contribution in [1.82, 2.24) is 5.32 Å². The summed E-state index contributed by atoms with van der Waals surface area (Å²) in [4.78, 5) is 12.0. The molecule has 5 heteroatoms. The lowest BCUT2D eigenvalue weighted by Crippen LogP contribution is -2.53. The number of hydrogen-bond donors (Lipinski definition) is 1. The summed E-state index contributed by atoms with van der Waals surface area (Å²) in [6.45, 7) is 4.96. The van der Waals surface area contributed by atoms with Gasteiger partial charge in [-0.3, -0.25) is 4.79 Å². The van der Waals surface area contributed by atoms with Gasteiger partial charge >= 0.3 is 0 Å². The van der Waals surface area contributed by atoms with Crippen LogP contribution in [-0.2, 0) is 14.3 Å². The van der Waals surface area contributed by atoms with Crippen molar-refractivity contribution in [1.29, 1.82) is 0 Å². The van der Waals surface area contributed by atoms with Crippen LogP contribution in [0.15, 0.2) is 0 Å². The quantitative estimate of drug-likeness (QED) is 0.440. The van der Waals surface area contributed by atoms with Gasteiger partial charge in [-0.15, -0.1) is 12.8 Å². The van der Waals surface area contributed by atoms with Gasteiger partial charge < -0.3 is 14.8 Å². The number of carbonyl (C=O) groups excluding carboxylic acids is 1. The lowest BCUT2D eigenvalue weighted by atomic mass is 10.1. The molecule has 0 saturated heterocycles. The van der Waals surface area contributed by atoms with Crippen molar-refractivity contribution in [3.8, 4) is 24.7 Å². The normalized spacial score (nSPS) is 10.7. The van der Waals surface area contributed by atoms with E-state index in [9.17, 15) is 4.79 Å². The van der Waals surface area contributed by atoms with Crippen molar-refractivity contribution < 1.29 is 14.3 Å². The maximum atomic E-state index is 12.0. The zero-order chi connectivity index (χ0) is 16.0. The third-order valence-corrected chi connectivity index (χ3v) is 3.66. The average Bonchev–Trinajstić information content (AvgIpc) is 2.44. The largest absolute Gasteiger partial charge is 0.366 e. The van der Waals surface area contributed by atoms with Crippen LogP contribution in [0, 0.1) is 24.7 Å². The van der Waals surface area contributed by atoms with Crippen molar-refractivity contribution in [2.24, 2.45) is 0 Å². The Morgan fingerprint density at radius 3 is 2.24 bits per heavy atom. The van der Waals surface area contributed by atoms with Gasteiger partial charge in [0.2, 0.25) is 5.91 Å². The smallest absolute Gasteiger partial charge is 0.221 e. The zero-order valence-corrected chi connectivity index (χ0v) is 13.8. The molecule has 0 aliphatic heterocycles. The van der Waals surface area contributed by atoms with Gasteiger partial charge in [-0.1, -0.05) is 18.8 Å².